The van der Waals surface area contributed by atoms with Crippen LogP contribution in [-0.4, -0.2) is 13.0 Å². The molecule has 0 aliphatic heterocycles. The van der Waals surface area contributed by atoms with Gasteiger partial charge in [0.25, 0.3) is 0 Å². The lowest BCUT2D eigenvalue weighted by Gasteiger charge is -1.81. The molecule has 0 aliphatic carbocycles. The summed E-state index contributed by atoms with van der Waals surface area (Å²) in [6.45, 7) is 0.451. The SMILES string of the molecule is O=[C]NCC=CCl. The molecule has 0 bridgehead atoms. The molecule has 1 radical (unpaired) electrons. The van der Waals surface area contributed by atoms with Crippen molar-refractivity contribution in [2.24, 2.45) is 0 Å². The van der Waals surface area contributed by atoms with Crippen molar-refractivity contribution in [3.05, 3.63) is 11.6 Å². The molecule has 7 heavy (non-hydrogen) atoms. The molecule has 0 saturated carbocycles. The van der Waals surface area contributed by atoms with E-state index in [0.717, 1.165) is 0 Å². The van der Waals surface area contributed by atoms with Crippen LogP contribution in [0.3, 0.4) is 0 Å². The van der Waals surface area contributed by atoms with Gasteiger partial charge in [-0.2, -0.15) is 0 Å². The monoisotopic (exact) mass is 118 g/mol. The van der Waals surface area contributed by atoms with Crippen LogP contribution in [0.25, 0.3) is 0 Å². The van der Waals surface area contributed by atoms with Crippen LogP contribution < -0.4 is 5.32 Å². The summed E-state index contributed by atoms with van der Waals surface area (Å²) in [4.78, 5) is 9.37. The molecular formula is C4H5ClNO. The standard InChI is InChI=1S/C4H5ClNO/c5-2-1-3-6-4-7/h1-2H,3H2,(H,6,7). The highest BCUT2D eigenvalue weighted by Gasteiger charge is 1.69. The van der Waals surface area contributed by atoms with E-state index in [2.05, 4.69) is 5.32 Å². The molecule has 0 saturated heterocycles. The van der Waals surface area contributed by atoms with Gasteiger partial charge in [-0.05, 0) is 0 Å². The Balaban J connectivity index is 2.82. The van der Waals surface area contributed by atoms with Gasteiger partial charge in [0.2, 0.25) is 0 Å². The Morgan fingerprint density at radius 3 is 3.00 bits per heavy atom. The van der Waals surface area contributed by atoms with Crippen molar-refractivity contribution < 1.29 is 4.79 Å². The maximum Gasteiger partial charge on any atom is 0.309 e. The van der Waals surface area contributed by atoms with Gasteiger partial charge >= 0.3 is 6.41 Å². The highest BCUT2D eigenvalue weighted by Crippen LogP contribution is 1.72. The zero-order valence-electron chi connectivity index (χ0n) is 3.65. The third-order valence-corrected chi connectivity index (χ3v) is 0.559. The molecule has 1 N–H and O–H groups in total. The van der Waals surface area contributed by atoms with E-state index >= 15 is 0 Å². The van der Waals surface area contributed by atoms with Crippen LogP contribution in [0.5, 0.6) is 0 Å². The third-order valence-electron chi connectivity index (χ3n) is 0.381. The van der Waals surface area contributed by atoms with Gasteiger partial charge in [-0.3, -0.25) is 4.79 Å². The summed E-state index contributed by atoms with van der Waals surface area (Å²) < 4.78 is 0. The Morgan fingerprint density at radius 2 is 2.57 bits per heavy atom. The van der Waals surface area contributed by atoms with Crippen molar-refractivity contribution in [3.8, 4) is 0 Å². The fourth-order valence-corrected chi connectivity index (χ4v) is 0.234. The van der Waals surface area contributed by atoms with Crippen LogP contribution in [0.2, 0.25) is 0 Å². The minimum absolute atomic E-state index is 0.451. The van der Waals surface area contributed by atoms with Gasteiger partial charge in [0.05, 0.1) is 0 Å². The molecule has 0 heterocycles. The second-order valence-corrected chi connectivity index (χ2v) is 1.10. The lowest BCUT2D eigenvalue weighted by molar-refractivity contribution is 0.546. The Morgan fingerprint density at radius 1 is 1.86 bits per heavy atom. The van der Waals surface area contributed by atoms with Crippen molar-refractivity contribution >= 4 is 18.0 Å². The lowest BCUT2D eigenvalue weighted by atomic mass is 10.6. The predicted molar refractivity (Wildman–Crippen MR) is 28.7 cm³/mol. The molecule has 0 atom stereocenters. The molecule has 0 aromatic carbocycles. The van der Waals surface area contributed by atoms with E-state index in [4.69, 9.17) is 11.6 Å². The first-order valence-electron chi connectivity index (χ1n) is 1.77. The van der Waals surface area contributed by atoms with E-state index in [1.165, 1.54) is 11.9 Å². The summed E-state index contributed by atoms with van der Waals surface area (Å²) in [7, 11) is 0. The molecule has 0 aromatic heterocycles. The normalized spacial score (nSPS) is 9.29. The van der Waals surface area contributed by atoms with Gasteiger partial charge in [-0.25, -0.2) is 0 Å². The number of halogens is 1. The summed E-state index contributed by atoms with van der Waals surface area (Å²) in [6.07, 6.45) is 3.10. The van der Waals surface area contributed by atoms with Crippen molar-refractivity contribution in [1.29, 1.82) is 0 Å². The van der Waals surface area contributed by atoms with Crippen LogP contribution >= 0.6 is 11.6 Å². The number of carbonyl (C=O) groups excluding carboxylic acids is 1. The van der Waals surface area contributed by atoms with Gasteiger partial charge < -0.3 is 5.32 Å². The number of rotatable bonds is 3. The van der Waals surface area contributed by atoms with E-state index in [1.54, 1.807) is 6.08 Å². The van der Waals surface area contributed by atoms with Gasteiger partial charge in [0, 0.05) is 12.1 Å². The van der Waals surface area contributed by atoms with Crippen LogP contribution in [0.4, 0.5) is 0 Å². The molecule has 39 valence electrons. The van der Waals surface area contributed by atoms with Crippen molar-refractivity contribution in [2.45, 2.75) is 0 Å². The molecule has 1 amide bonds. The number of nitrogens with one attached hydrogen (secondary N) is 1. The Labute approximate surface area is 47.2 Å². The summed E-state index contributed by atoms with van der Waals surface area (Å²) >= 11 is 5.09. The summed E-state index contributed by atoms with van der Waals surface area (Å²) in [5, 5.41) is 2.27. The highest BCUT2D eigenvalue weighted by molar-refractivity contribution is 6.25. The molecule has 2 nitrogen and oxygen atoms in total. The first kappa shape index (κ1) is 6.50. The quantitative estimate of drug-likeness (QED) is 0.422. The third kappa shape index (κ3) is 5.50. The molecule has 0 fully saturated rings. The average Bonchev–Trinajstić information content (AvgIpc) is 1.69. The summed E-state index contributed by atoms with van der Waals surface area (Å²) in [5.74, 6) is 0. The highest BCUT2D eigenvalue weighted by atomic mass is 35.5. The zero-order valence-corrected chi connectivity index (χ0v) is 4.40. The topological polar surface area (TPSA) is 29.1 Å². The van der Waals surface area contributed by atoms with E-state index < -0.39 is 0 Å². The van der Waals surface area contributed by atoms with Crippen molar-refractivity contribution in [1.82, 2.24) is 5.32 Å². The molecule has 0 aromatic rings. The Hall–Kier alpha value is -0.500. The van der Waals surface area contributed by atoms with Gasteiger partial charge in [0.15, 0.2) is 0 Å². The zero-order chi connectivity index (χ0) is 5.54. The van der Waals surface area contributed by atoms with E-state index in [9.17, 15) is 4.79 Å². The molecule has 0 rings (SSSR count). The van der Waals surface area contributed by atoms with Crippen LogP contribution in [0.15, 0.2) is 11.6 Å². The number of hydrogen-bond donors (Lipinski definition) is 1. The second kappa shape index (κ2) is 5.50. The van der Waals surface area contributed by atoms with Crippen LogP contribution in [0, 0.1) is 0 Å². The molecule has 0 spiro atoms. The van der Waals surface area contributed by atoms with Gasteiger partial charge in [-0.1, -0.05) is 17.7 Å². The molecular weight excluding hydrogens is 114 g/mol. The fraction of sp³-hybridized carbons (Fsp3) is 0.250. The minimum atomic E-state index is 0.451. The number of amides is 1. The van der Waals surface area contributed by atoms with Crippen molar-refractivity contribution in [3.63, 3.8) is 0 Å². The molecule has 3 heteroatoms. The van der Waals surface area contributed by atoms with E-state index in [0.29, 0.717) is 6.54 Å². The smallest absolute Gasteiger partial charge is 0.309 e. The first-order valence-corrected chi connectivity index (χ1v) is 2.20. The first-order chi connectivity index (χ1) is 3.41. The van der Waals surface area contributed by atoms with Crippen molar-refractivity contribution in [2.75, 3.05) is 6.54 Å². The molecule has 0 unspecified atom stereocenters. The van der Waals surface area contributed by atoms with E-state index in [-0.39, 0.29) is 0 Å². The number of hydrogen-bond acceptors (Lipinski definition) is 1. The predicted octanol–water partition coefficient (Wildman–Crippen LogP) is 0.396. The fourth-order valence-electron chi connectivity index (χ4n) is 0.145. The summed E-state index contributed by atoms with van der Waals surface area (Å²) in [5.41, 5.74) is 1.34. The van der Waals surface area contributed by atoms with Gasteiger partial charge in [-0.15, -0.1) is 0 Å². The van der Waals surface area contributed by atoms with Gasteiger partial charge in [0.1, 0.15) is 0 Å². The Bertz CT molecular complexity index is 72.1. The second-order valence-electron chi connectivity index (χ2n) is 0.845. The Kier molecular flexibility index (Phi) is 5.11. The molecule has 0 aliphatic rings. The maximum atomic E-state index is 9.37. The summed E-state index contributed by atoms with van der Waals surface area (Å²) in [6, 6.07) is 0. The lowest BCUT2D eigenvalue weighted by Crippen LogP contribution is -2.08. The minimum Gasteiger partial charge on any atom is -0.344 e. The van der Waals surface area contributed by atoms with Crippen LogP contribution in [0.1, 0.15) is 0 Å². The van der Waals surface area contributed by atoms with Crippen LogP contribution in [-0.2, 0) is 4.79 Å². The maximum absolute atomic E-state index is 9.37. The van der Waals surface area contributed by atoms with E-state index in [1.807, 2.05) is 0 Å². The largest absolute Gasteiger partial charge is 0.344 e. The average molecular weight is 119 g/mol.